The lowest BCUT2D eigenvalue weighted by Crippen LogP contribution is -2.51. The number of likely N-dealkylation sites (N-methyl/N-ethyl adjacent to an activating group) is 1. The molecule has 0 aromatic heterocycles. The summed E-state index contributed by atoms with van der Waals surface area (Å²) in [4.78, 5) is 28.3. The summed E-state index contributed by atoms with van der Waals surface area (Å²) in [5.41, 5.74) is 1.53. The molecule has 0 aliphatic rings. The van der Waals surface area contributed by atoms with Crippen LogP contribution in [0.15, 0.2) is 71.6 Å². The quantitative estimate of drug-likeness (QED) is 0.296. The predicted molar refractivity (Wildman–Crippen MR) is 158 cm³/mol. The van der Waals surface area contributed by atoms with Crippen molar-refractivity contribution >= 4 is 50.7 Å². The number of para-hydroxylation sites is 2. The van der Waals surface area contributed by atoms with Gasteiger partial charge in [0.1, 0.15) is 18.3 Å². The van der Waals surface area contributed by atoms with Crippen molar-refractivity contribution in [2.75, 3.05) is 24.5 Å². The van der Waals surface area contributed by atoms with Gasteiger partial charge in [-0.25, -0.2) is 8.42 Å². The number of sulfonamides is 1. The molecule has 0 aliphatic carbocycles. The molecule has 3 aromatic rings. The van der Waals surface area contributed by atoms with E-state index in [1.54, 1.807) is 68.4 Å². The molecule has 0 unspecified atom stereocenters. The molecule has 0 bridgehead atoms. The molecule has 1 atom stereocenters. The second kappa shape index (κ2) is 13.9. The standard InChI is InChI=1S/C29H33Cl2N3O5S/c1-5-25(29(36)32-4)33(18-22-23(30)10-9-11-24(22)31)28(35)19-34(26-12-7-8-13-27(26)39-6-2)40(37,38)21-16-14-20(3)15-17-21/h7-17,25H,5-6,18-19H2,1-4H3,(H,32,36)/t25-/m0/s1. The number of carbonyl (C=O) groups excluding carboxylic acids is 2. The highest BCUT2D eigenvalue weighted by Gasteiger charge is 2.35. The number of nitrogens with zero attached hydrogens (tertiary/aromatic N) is 2. The summed E-state index contributed by atoms with van der Waals surface area (Å²) in [7, 11) is -2.76. The average Bonchev–Trinajstić information content (AvgIpc) is 2.93. The van der Waals surface area contributed by atoms with Crippen LogP contribution in [-0.4, -0.2) is 51.4 Å². The third kappa shape index (κ3) is 7.08. The number of amides is 2. The van der Waals surface area contributed by atoms with Gasteiger partial charge < -0.3 is 15.0 Å². The highest BCUT2D eigenvalue weighted by molar-refractivity contribution is 7.92. The predicted octanol–water partition coefficient (Wildman–Crippen LogP) is 5.45. The summed E-state index contributed by atoms with van der Waals surface area (Å²) in [5, 5.41) is 3.23. The molecule has 0 fully saturated rings. The minimum atomic E-state index is -4.23. The van der Waals surface area contributed by atoms with Crippen LogP contribution in [-0.2, 0) is 26.2 Å². The van der Waals surface area contributed by atoms with Crippen molar-refractivity contribution in [1.82, 2.24) is 10.2 Å². The monoisotopic (exact) mass is 605 g/mol. The van der Waals surface area contributed by atoms with Gasteiger partial charge in [0, 0.05) is 29.2 Å². The van der Waals surface area contributed by atoms with Gasteiger partial charge in [-0.1, -0.05) is 66.0 Å². The van der Waals surface area contributed by atoms with Gasteiger partial charge in [-0.3, -0.25) is 13.9 Å². The molecule has 3 aromatic carbocycles. The maximum atomic E-state index is 14.1. The maximum Gasteiger partial charge on any atom is 0.264 e. The van der Waals surface area contributed by atoms with Crippen LogP contribution in [0.1, 0.15) is 31.4 Å². The van der Waals surface area contributed by atoms with E-state index < -0.39 is 34.4 Å². The van der Waals surface area contributed by atoms with Crippen molar-refractivity contribution in [3.63, 3.8) is 0 Å². The zero-order chi connectivity index (χ0) is 29.4. The number of ether oxygens (including phenoxy) is 1. The van der Waals surface area contributed by atoms with Crippen LogP contribution < -0.4 is 14.4 Å². The highest BCUT2D eigenvalue weighted by atomic mass is 35.5. The molecule has 0 aliphatic heterocycles. The fraction of sp³-hybridized carbons (Fsp3) is 0.310. The zero-order valence-corrected chi connectivity index (χ0v) is 25.2. The van der Waals surface area contributed by atoms with E-state index >= 15 is 0 Å². The fourth-order valence-corrected chi connectivity index (χ4v) is 6.17. The summed E-state index contributed by atoms with van der Waals surface area (Å²) in [6.45, 7) is 4.98. The molecule has 1 N–H and O–H groups in total. The Kier molecular flexibility index (Phi) is 10.8. The first kappa shape index (κ1) is 31.3. The first-order valence-electron chi connectivity index (χ1n) is 12.8. The van der Waals surface area contributed by atoms with Crippen molar-refractivity contribution in [3.05, 3.63) is 87.9 Å². The Bertz CT molecular complexity index is 1430. The number of carbonyl (C=O) groups is 2. The number of anilines is 1. The number of hydrogen-bond acceptors (Lipinski definition) is 5. The SMILES string of the molecule is CCOc1ccccc1N(CC(=O)N(Cc1c(Cl)cccc1Cl)[C@@H](CC)C(=O)NC)S(=O)(=O)c1ccc(C)cc1. The summed E-state index contributed by atoms with van der Waals surface area (Å²) in [6, 6.07) is 17.0. The Balaban J connectivity index is 2.15. The van der Waals surface area contributed by atoms with E-state index in [2.05, 4.69) is 5.32 Å². The van der Waals surface area contributed by atoms with Crippen LogP contribution in [0, 0.1) is 6.92 Å². The number of halogens is 2. The Morgan fingerprint density at radius 1 is 0.950 bits per heavy atom. The molecule has 2 amide bonds. The zero-order valence-electron chi connectivity index (χ0n) is 22.9. The van der Waals surface area contributed by atoms with Crippen LogP contribution in [0.4, 0.5) is 5.69 Å². The Labute approximate surface area is 245 Å². The average molecular weight is 607 g/mol. The van der Waals surface area contributed by atoms with Crippen LogP contribution in [0.25, 0.3) is 0 Å². The van der Waals surface area contributed by atoms with Crippen molar-refractivity contribution < 1.29 is 22.7 Å². The Morgan fingerprint density at radius 3 is 2.15 bits per heavy atom. The van der Waals surface area contributed by atoms with E-state index in [0.29, 0.717) is 21.4 Å². The molecular weight excluding hydrogens is 573 g/mol. The normalized spacial score (nSPS) is 11.9. The van der Waals surface area contributed by atoms with E-state index in [4.69, 9.17) is 27.9 Å². The minimum absolute atomic E-state index is 0.0104. The Hall–Kier alpha value is -3.27. The molecular formula is C29H33Cl2N3O5S. The van der Waals surface area contributed by atoms with Gasteiger partial charge in [-0.05, 0) is 56.7 Å². The third-order valence-corrected chi connectivity index (χ3v) is 8.83. The van der Waals surface area contributed by atoms with Gasteiger partial charge >= 0.3 is 0 Å². The number of rotatable bonds is 12. The van der Waals surface area contributed by atoms with E-state index in [0.717, 1.165) is 9.87 Å². The summed E-state index contributed by atoms with van der Waals surface area (Å²) in [6.07, 6.45) is 0.272. The topological polar surface area (TPSA) is 96.0 Å². The Morgan fingerprint density at radius 2 is 1.57 bits per heavy atom. The summed E-state index contributed by atoms with van der Waals surface area (Å²) in [5.74, 6) is -0.720. The number of hydrogen-bond donors (Lipinski definition) is 1. The summed E-state index contributed by atoms with van der Waals surface area (Å²) < 4.78 is 34.8. The van der Waals surface area contributed by atoms with Gasteiger partial charge in [-0.2, -0.15) is 0 Å². The van der Waals surface area contributed by atoms with E-state index in [9.17, 15) is 18.0 Å². The van der Waals surface area contributed by atoms with Crippen molar-refractivity contribution in [2.24, 2.45) is 0 Å². The van der Waals surface area contributed by atoms with E-state index in [1.807, 2.05) is 6.92 Å². The van der Waals surface area contributed by atoms with Crippen molar-refractivity contribution in [2.45, 2.75) is 44.7 Å². The fourth-order valence-electron chi connectivity index (χ4n) is 4.23. The van der Waals surface area contributed by atoms with Gasteiger partial charge in [0.25, 0.3) is 10.0 Å². The van der Waals surface area contributed by atoms with Crippen LogP contribution in [0.3, 0.4) is 0 Å². The second-order valence-electron chi connectivity index (χ2n) is 8.99. The molecule has 0 saturated heterocycles. The van der Waals surface area contributed by atoms with Crippen LogP contribution in [0.5, 0.6) is 5.75 Å². The lowest BCUT2D eigenvalue weighted by Gasteiger charge is -2.33. The lowest BCUT2D eigenvalue weighted by atomic mass is 10.1. The first-order valence-corrected chi connectivity index (χ1v) is 15.0. The largest absolute Gasteiger partial charge is 0.492 e. The molecule has 0 saturated carbocycles. The van der Waals surface area contributed by atoms with Crippen molar-refractivity contribution in [3.8, 4) is 5.75 Å². The van der Waals surface area contributed by atoms with Crippen LogP contribution in [0.2, 0.25) is 10.0 Å². The lowest BCUT2D eigenvalue weighted by molar-refractivity contribution is -0.140. The molecule has 0 heterocycles. The number of benzene rings is 3. The van der Waals surface area contributed by atoms with Crippen molar-refractivity contribution in [1.29, 1.82) is 0 Å². The smallest absolute Gasteiger partial charge is 0.264 e. The molecule has 0 radical (unpaired) electrons. The molecule has 40 heavy (non-hydrogen) atoms. The number of nitrogens with one attached hydrogen (secondary N) is 1. The van der Waals surface area contributed by atoms with Gasteiger partial charge in [-0.15, -0.1) is 0 Å². The molecule has 3 rings (SSSR count). The maximum absolute atomic E-state index is 14.1. The van der Waals surface area contributed by atoms with Gasteiger partial charge in [0.05, 0.1) is 17.2 Å². The third-order valence-electron chi connectivity index (χ3n) is 6.34. The second-order valence-corrected chi connectivity index (χ2v) is 11.7. The molecule has 214 valence electrons. The number of aryl methyl sites for hydroxylation is 1. The first-order chi connectivity index (χ1) is 19.0. The minimum Gasteiger partial charge on any atom is -0.492 e. The van der Waals surface area contributed by atoms with E-state index in [1.165, 1.54) is 24.1 Å². The molecule has 11 heteroatoms. The van der Waals surface area contributed by atoms with Gasteiger partial charge in [0.15, 0.2) is 0 Å². The summed E-state index contributed by atoms with van der Waals surface area (Å²) >= 11 is 12.8. The molecule has 8 nitrogen and oxygen atoms in total. The highest BCUT2D eigenvalue weighted by Crippen LogP contribution is 2.33. The van der Waals surface area contributed by atoms with Crippen LogP contribution >= 0.6 is 23.2 Å². The molecule has 0 spiro atoms. The van der Waals surface area contributed by atoms with E-state index in [-0.39, 0.29) is 30.2 Å². The van der Waals surface area contributed by atoms with Gasteiger partial charge in [0.2, 0.25) is 11.8 Å².